The normalized spacial score (nSPS) is 12.2. The standard InChI is InChI=1S/C12H14BrFO2/c1-8(6-13)7-16-12-5-10(14)3-4-11(12)9(2)15/h3-5,8H,6-7H2,1-2H3. The molecule has 0 saturated heterocycles. The lowest BCUT2D eigenvalue weighted by Gasteiger charge is -2.12. The second kappa shape index (κ2) is 5.99. The number of ether oxygens (including phenoxy) is 1. The smallest absolute Gasteiger partial charge is 0.163 e. The first-order valence-corrected chi connectivity index (χ1v) is 6.16. The zero-order valence-electron chi connectivity index (χ0n) is 9.30. The van der Waals surface area contributed by atoms with Crippen LogP contribution >= 0.6 is 15.9 Å². The molecule has 2 nitrogen and oxygen atoms in total. The fourth-order valence-corrected chi connectivity index (χ4v) is 1.37. The van der Waals surface area contributed by atoms with Gasteiger partial charge in [-0.3, -0.25) is 4.79 Å². The van der Waals surface area contributed by atoms with Crippen molar-refractivity contribution >= 4 is 21.7 Å². The van der Waals surface area contributed by atoms with Gasteiger partial charge in [-0.2, -0.15) is 0 Å². The van der Waals surface area contributed by atoms with Crippen LogP contribution in [0.5, 0.6) is 5.75 Å². The number of hydrogen-bond donors (Lipinski definition) is 0. The van der Waals surface area contributed by atoms with E-state index < -0.39 is 5.82 Å². The number of benzene rings is 1. The largest absolute Gasteiger partial charge is 0.492 e. The van der Waals surface area contributed by atoms with Gasteiger partial charge in [0.15, 0.2) is 5.78 Å². The van der Waals surface area contributed by atoms with Gasteiger partial charge in [0.25, 0.3) is 0 Å². The van der Waals surface area contributed by atoms with Crippen molar-refractivity contribution in [2.24, 2.45) is 5.92 Å². The molecule has 0 amide bonds. The van der Waals surface area contributed by atoms with E-state index in [2.05, 4.69) is 15.9 Å². The van der Waals surface area contributed by atoms with E-state index in [-0.39, 0.29) is 5.78 Å². The maximum atomic E-state index is 13.0. The lowest BCUT2D eigenvalue weighted by molar-refractivity contribution is 0.101. The average molecular weight is 289 g/mol. The highest BCUT2D eigenvalue weighted by Crippen LogP contribution is 2.21. The summed E-state index contributed by atoms with van der Waals surface area (Å²) in [6.07, 6.45) is 0. The van der Waals surface area contributed by atoms with Crippen LogP contribution in [0.15, 0.2) is 18.2 Å². The van der Waals surface area contributed by atoms with E-state index in [1.54, 1.807) is 0 Å². The first kappa shape index (κ1) is 13.2. The average Bonchev–Trinajstić information content (AvgIpc) is 2.25. The third-order valence-corrected chi connectivity index (χ3v) is 3.22. The third kappa shape index (κ3) is 3.59. The van der Waals surface area contributed by atoms with Crippen LogP contribution in [0.2, 0.25) is 0 Å². The zero-order chi connectivity index (χ0) is 12.1. The molecule has 0 heterocycles. The van der Waals surface area contributed by atoms with Gasteiger partial charge in [0, 0.05) is 11.4 Å². The van der Waals surface area contributed by atoms with E-state index in [4.69, 9.17) is 4.74 Å². The van der Waals surface area contributed by atoms with Crippen LogP contribution in [0.1, 0.15) is 24.2 Å². The maximum absolute atomic E-state index is 13.0. The maximum Gasteiger partial charge on any atom is 0.163 e. The molecule has 4 heteroatoms. The van der Waals surface area contributed by atoms with Crippen molar-refractivity contribution in [3.63, 3.8) is 0 Å². The van der Waals surface area contributed by atoms with Gasteiger partial charge in [-0.1, -0.05) is 22.9 Å². The minimum absolute atomic E-state index is 0.124. The summed E-state index contributed by atoms with van der Waals surface area (Å²) < 4.78 is 18.5. The van der Waals surface area contributed by atoms with E-state index in [1.807, 2.05) is 6.92 Å². The van der Waals surface area contributed by atoms with Crippen LogP contribution in [-0.4, -0.2) is 17.7 Å². The molecule has 0 aliphatic rings. The van der Waals surface area contributed by atoms with Gasteiger partial charge in [-0.05, 0) is 25.0 Å². The van der Waals surface area contributed by atoms with Crippen LogP contribution in [0, 0.1) is 11.7 Å². The molecule has 16 heavy (non-hydrogen) atoms. The Bertz CT molecular complexity index is 379. The Labute approximate surface area is 103 Å². The molecule has 0 aliphatic carbocycles. The monoisotopic (exact) mass is 288 g/mol. The molecule has 0 radical (unpaired) electrons. The highest BCUT2D eigenvalue weighted by molar-refractivity contribution is 9.09. The van der Waals surface area contributed by atoms with Crippen molar-refractivity contribution in [2.75, 3.05) is 11.9 Å². The molecule has 0 aromatic heterocycles. The summed E-state index contributed by atoms with van der Waals surface area (Å²) in [6, 6.07) is 3.96. The predicted octanol–water partition coefficient (Wildman–Crippen LogP) is 3.44. The lowest BCUT2D eigenvalue weighted by atomic mass is 10.1. The van der Waals surface area contributed by atoms with E-state index >= 15 is 0 Å². The number of carbonyl (C=O) groups is 1. The van der Waals surface area contributed by atoms with Crippen molar-refractivity contribution in [1.82, 2.24) is 0 Å². The Morgan fingerprint density at radius 1 is 1.56 bits per heavy atom. The minimum atomic E-state index is -0.397. The summed E-state index contributed by atoms with van der Waals surface area (Å²) in [6.45, 7) is 3.89. The van der Waals surface area contributed by atoms with Crippen molar-refractivity contribution in [3.05, 3.63) is 29.6 Å². The Balaban J connectivity index is 2.84. The van der Waals surface area contributed by atoms with Crippen LogP contribution in [-0.2, 0) is 0 Å². The van der Waals surface area contributed by atoms with Crippen molar-refractivity contribution in [3.8, 4) is 5.75 Å². The Kier molecular flexibility index (Phi) is 4.93. The summed E-state index contributed by atoms with van der Waals surface area (Å²) in [7, 11) is 0. The number of ketones is 1. The Morgan fingerprint density at radius 3 is 2.81 bits per heavy atom. The third-order valence-electron chi connectivity index (χ3n) is 2.11. The molecule has 1 aromatic carbocycles. The molecule has 0 aliphatic heterocycles. The van der Waals surface area contributed by atoms with Crippen LogP contribution in [0.4, 0.5) is 4.39 Å². The van der Waals surface area contributed by atoms with Crippen molar-refractivity contribution < 1.29 is 13.9 Å². The SMILES string of the molecule is CC(=O)c1ccc(F)cc1OCC(C)CBr. The molecule has 1 aromatic rings. The Hall–Kier alpha value is -0.900. The number of carbonyl (C=O) groups excluding carboxylic acids is 1. The fourth-order valence-electron chi connectivity index (χ4n) is 1.18. The number of alkyl halides is 1. The van der Waals surface area contributed by atoms with Crippen molar-refractivity contribution in [2.45, 2.75) is 13.8 Å². The number of hydrogen-bond acceptors (Lipinski definition) is 2. The van der Waals surface area contributed by atoms with Gasteiger partial charge in [0.1, 0.15) is 11.6 Å². The molecule has 1 unspecified atom stereocenters. The summed E-state index contributed by atoms with van der Waals surface area (Å²) in [4.78, 5) is 11.3. The van der Waals surface area contributed by atoms with Crippen LogP contribution < -0.4 is 4.74 Å². The van der Waals surface area contributed by atoms with Gasteiger partial charge in [0.2, 0.25) is 0 Å². The molecule has 1 rings (SSSR count). The number of Topliss-reactive ketones (excluding diaryl/α,β-unsaturated/α-hetero) is 1. The zero-order valence-corrected chi connectivity index (χ0v) is 10.9. The molecule has 88 valence electrons. The van der Waals surface area contributed by atoms with Gasteiger partial charge >= 0.3 is 0 Å². The van der Waals surface area contributed by atoms with E-state index in [0.717, 1.165) is 5.33 Å². The minimum Gasteiger partial charge on any atom is -0.492 e. The molecule has 1 atom stereocenters. The molecule has 0 saturated carbocycles. The van der Waals surface area contributed by atoms with Gasteiger partial charge in [0.05, 0.1) is 12.2 Å². The highest BCUT2D eigenvalue weighted by atomic mass is 79.9. The molecule has 0 fully saturated rings. The van der Waals surface area contributed by atoms with Crippen LogP contribution in [0.25, 0.3) is 0 Å². The second-order valence-electron chi connectivity index (χ2n) is 3.77. The molecule has 0 bridgehead atoms. The summed E-state index contributed by atoms with van der Waals surface area (Å²) in [5, 5.41) is 0.803. The second-order valence-corrected chi connectivity index (χ2v) is 4.41. The lowest BCUT2D eigenvalue weighted by Crippen LogP contribution is -2.11. The number of rotatable bonds is 5. The summed E-state index contributed by atoms with van der Waals surface area (Å²) in [5.74, 6) is 0.108. The van der Waals surface area contributed by atoms with Gasteiger partial charge < -0.3 is 4.74 Å². The molecular formula is C12H14BrFO2. The molecule has 0 N–H and O–H groups in total. The first-order chi connectivity index (χ1) is 7.54. The van der Waals surface area contributed by atoms with E-state index in [1.165, 1.54) is 25.1 Å². The predicted molar refractivity (Wildman–Crippen MR) is 64.9 cm³/mol. The highest BCUT2D eigenvalue weighted by Gasteiger charge is 2.10. The Morgan fingerprint density at radius 2 is 2.25 bits per heavy atom. The first-order valence-electron chi connectivity index (χ1n) is 5.04. The molecular weight excluding hydrogens is 275 g/mol. The van der Waals surface area contributed by atoms with Gasteiger partial charge in [-0.25, -0.2) is 4.39 Å². The topological polar surface area (TPSA) is 26.3 Å². The summed E-state index contributed by atoms with van der Waals surface area (Å²) >= 11 is 3.33. The number of halogens is 2. The van der Waals surface area contributed by atoms with Crippen LogP contribution in [0.3, 0.4) is 0 Å². The van der Waals surface area contributed by atoms with E-state index in [9.17, 15) is 9.18 Å². The van der Waals surface area contributed by atoms with E-state index in [0.29, 0.717) is 23.8 Å². The summed E-state index contributed by atoms with van der Waals surface area (Å²) in [5.41, 5.74) is 0.420. The quantitative estimate of drug-likeness (QED) is 0.613. The molecule has 0 spiro atoms. The van der Waals surface area contributed by atoms with Crippen molar-refractivity contribution in [1.29, 1.82) is 0 Å². The fraction of sp³-hybridized carbons (Fsp3) is 0.417. The van der Waals surface area contributed by atoms with Gasteiger partial charge in [-0.15, -0.1) is 0 Å².